The fraction of sp³-hybridized carbons (Fsp3) is 0.263. The monoisotopic (exact) mass is 324 g/mol. The van der Waals surface area contributed by atoms with E-state index in [1.54, 1.807) is 24.3 Å². The minimum Gasteiger partial charge on any atom is -0.484 e. The summed E-state index contributed by atoms with van der Waals surface area (Å²) >= 11 is 0. The van der Waals surface area contributed by atoms with Crippen molar-refractivity contribution in [2.75, 3.05) is 6.61 Å². The van der Waals surface area contributed by atoms with Crippen LogP contribution in [-0.2, 0) is 11.3 Å². The molecule has 1 saturated carbocycles. The lowest BCUT2D eigenvalue weighted by molar-refractivity contribution is -0.134. The fourth-order valence-corrected chi connectivity index (χ4v) is 2.55. The van der Waals surface area contributed by atoms with Gasteiger partial charge in [0.25, 0.3) is 5.91 Å². The van der Waals surface area contributed by atoms with Gasteiger partial charge in [0, 0.05) is 18.2 Å². The van der Waals surface area contributed by atoms with Gasteiger partial charge in [-0.1, -0.05) is 36.4 Å². The first-order valence-corrected chi connectivity index (χ1v) is 7.99. The molecule has 124 valence electrons. The van der Waals surface area contributed by atoms with Crippen molar-refractivity contribution in [3.63, 3.8) is 0 Å². The Kier molecular flexibility index (Phi) is 4.79. The van der Waals surface area contributed by atoms with Gasteiger partial charge in [0.2, 0.25) is 5.91 Å². The van der Waals surface area contributed by atoms with Gasteiger partial charge in [-0.05, 0) is 36.6 Å². The third kappa shape index (κ3) is 4.13. The molecule has 1 fully saturated rings. The number of nitrogens with zero attached hydrogens (tertiary/aromatic N) is 1. The van der Waals surface area contributed by atoms with Crippen LogP contribution in [0.2, 0.25) is 0 Å². The van der Waals surface area contributed by atoms with Gasteiger partial charge in [-0.25, -0.2) is 0 Å². The summed E-state index contributed by atoms with van der Waals surface area (Å²) in [7, 11) is 0. The van der Waals surface area contributed by atoms with Gasteiger partial charge in [-0.15, -0.1) is 0 Å². The minimum atomic E-state index is -0.518. The van der Waals surface area contributed by atoms with Crippen molar-refractivity contribution in [3.05, 3.63) is 65.7 Å². The second-order valence-electron chi connectivity index (χ2n) is 5.92. The average molecular weight is 324 g/mol. The van der Waals surface area contributed by atoms with Crippen molar-refractivity contribution in [2.45, 2.75) is 25.4 Å². The molecule has 2 N–H and O–H groups in total. The van der Waals surface area contributed by atoms with Gasteiger partial charge in [-0.2, -0.15) is 0 Å². The topological polar surface area (TPSA) is 72.6 Å². The van der Waals surface area contributed by atoms with Crippen molar-refractivity contribution < 1.29 is 14.3 Å². The molecular weight excluding hydrogens is 304 g/mol. The average Bonchev–Trinajstić information content (AvgIpc) is 3.43. The predicted octanol–water partition coefficient (Wildman–Crippen LogP) is 2.36. The third-order valence-electron chi connectivity index (χ3n) is 3.98. The van der Waals surface area contributed by atoms with Crippen LogP contribution in [0.4, 0.5) is 0 Å². The highest BCUT2D eigenvalue weighted by Crippen LogP contribution is 2.28. The van der Waals surface area contributed by atoms with Crippen molar-refractivity contribution >= 4 is 11.8 Å². The molecule has 1 aliphatic rings. The zero-order valence-corrected chi connectivity index (χ0v) is 13.4. The summed E-state index contributed by atoms with van der Waals surface area (Å²) in [4.78, 5) is 25.6. The van der Waals surface area contributed by atoms with Crippen LogP contribution < -0.4 is 10.5 Å². The Labute approximate surface area is 141 Å². The molecule has 2 aromatic carbocycles. The molecule has 3 rings (SSSR count). The third-order valence-corrected chi connectivity index (χ3v) is 3.98. The Bertz CT molecular complexity index is 726. The van der Waals surface area contributed by atoms with E-state index in [1.165, 1.54) is 0 Å². The first-order valence-electron chi connectivity index (χ1n) is 7.99. The van der Waals surface area contributed by atoms with Crippen LogP contribution in [0.3, 0.4) is 0 Å². The maximum Gasteiger partial charge on any atom is 0.261 e. The van der Waals surface area contributed by atoms with E-state index in [2.05, 4.69) is 0 Å². The molecule has 0 aliphatic heterocycles. The summed E-state index contributed by atoms with van der Waals surface area (Å²) in [6.45, 7) is 0.542. The molecule has 24 heavy (non-hydrogen) atoms. The number of primary amides is 1. The Morgan fingerprint density at radius 3 is 2.50 bits per heavy atom. The molecule has 0 radical (unpaired) electrons. The van der Waals surface area contributed by atoms with Crippen LogP contribution in [0, 0.1) is 0 Å². The number of amides is 2. The highest BCUT2D eigenvalue weighted by atomic mass is 16.5. The number of nitrogens with two attached hydrogens (primary N) is 1. The molecule has 0 atom stereocenters. The standard InChI is InChI=1S/C19H20N2O3/c20-19(23)15-7-4-8-17(11-15)24-13-18(22)21(16-9-10-16)12-14-5-2-1-3-6-14/h1-8,11,16H,9-10,12-13H2,(H2,20,23). The van der Waals surface area contributed by atoms with E-state index in [1.807, 2.05) is 35.2 Å². The highest BCUT2D eigenvalue weighted by molar-refractivity contribution is 5.93. The Morgan fingerprint density at radius 1 is 1.08 bits per heavy atom. The Balaban J connectivity index is 1.62. The first-order chi connectivity index (χ1) is 11.6. The predicted molar refractivity (Wildman–Crippen MR) is 90.5 cm³/mol. The molecule has 2 amide bonds. The van der Waals surface area contributed by atoms with Gasteiger partial charge in [-0.3, -0.25) is 9.59 Å². The fourth-order valence-electron chi connectivity index (χ4n) is 2.55. The lowest BCUT2D eigenvalue weighted by Crippen LogP contribution is -2.36. The summed E-state index contributed by atoms with van der Waals surface area (Å²) in [6.07, 6.45) is 2.07. The number of benzene rings is 2. The number of rotatable bonds is 7. The molecule has 5 nitrogen and oxygen atoms in total. The summed E-state index contributed by atoms with van der Waals surface area (Å²) in [5, 5.41) is 0. The van der Waals surface area contributed by atoms with Crippen molar-refractivity contribution in [1.29, 1.82) is 0 Å². The minimum absolute atomic E-state index is 0.0501. The molecule has 0 unspecified atom stereocenters. The largest absolute Gasteiger partial charge is 0.484 e. The molecule has 5 heteroatoms. The Morgan fingerprint density at radius 2 is 1.83 bits per heavy atom. The summed E-state index contributed by atoms with van der Waals surface area (Å²) < 4.78 is 5.56. The van der Waals surface area contributed by atoms with Gasteiger partial charge in [0.15, 0.2) is 6.61 Å². The van der Waals surface area contributed by atoms with Gasteiger partial charge >= 0.3 is 0 Å². The molecule has 1 aliphatic carbocycles. The highest BCUT2D eigenvalue weighted by Gasteiger charge is 2.32. The smallest absolute Gasteiger partial charge is 0.261 e. The van der Waals surface area contributed by atoms with Crippen LogP contribution in [-0.4, -0.2) is 29.4 Å². The van der Waals surface area contributed by atoms with Gasteiger partial charge in [0.05, 0.1) is 0 Å². The van der Waals surface area contributed by atoms with Crippen LogP contribution in [0.15, 0.2) is 54.6 Å². The number of hydrogen-bond donors (Lipinski definition) is 1. The molecular formula is C19H20N2O3. The van der Waals surface area contributed by atoms with E-state index in [0.717, 1.165) is 18.4 Å². The van der Waals surface area contributed by atoms with Crippen molar-refractivity contribution in [1.82, 2.24) is 4.90 Å². The van der Waals surface area contributed by atoms with Gasteiger partial charge < -0.3 is 15.4 Å². The van der Waals surface area contributed by atoms with E-state index < -0.39 is 5.91 Å². The Hall–Kier alpha value is -2.82. The van der Waals surface area contributed by atoms with Crippen LogP contribution in [0.5, 0.6) is 5.75 Å². The number of hydrogen-bond acceptors (Lipinski definition) is 3. The molecule has 2 aromatic rings. The zero-order valence-electron chi connectivity index (χ0n) is 13.4. The summed E-state index contributed by atoms with van der Waals surface area (Å²) in [5.74, 6) is -0.101. The van der Waals surface area contributed by atoms with E-state index >= 15 is 0 Å². The number of carbonyl (C=O) groups excluding carboxylic acids is 2. The summed E-state index contributed by atoms with van der Waals surface area (Å²) in [6, 6.07) is 16.8. The molecule has 0 saturated heterocycles. The zero-order chi connectivity index (χ0) is 16.9. The maximum absolute atomic E-state index is 12.5. The second kappa shape index (κ2) is 7.17. The first kappa shape index (κ1) is 16.1. The van der Waals surface area contributed by atoms with E-state index in [4.69, 9.17) is 10.5 Å². The van der Waals surface area contributed by atoms with Crippen molar-refractivity contribution in [2.24, 2.45) is 5.73 Å². The van der Waals surface area contributed by atoms with Crippen LogP contribution >= 0.6 is 0 Å². The second-order valence-corrected chi connectivity index (χ2v) is 5.92. The number of ether oxygens (including phenoxy) is 1. The molecule has 0 bridgehead atoms. The van der Waals surface area contributed by atoms with Crippen LogP contribution in [0.25, 0.3) is 0 Å². The number of carbonyl (C=O) groups is 2. The van der Waals surface area contributed by atoms with E-state index in [0.29, 0.717) is 23.9 Å². The van der Waals surface area contributed by atoms with E-state index in [-0.39, 0.29) is 12.5 Å². The summed E-state index contributed by atoms with van der Waals surface area (Å²) in [5.41, 5.74) is 6.72. The van der Waals surface area contributed by atoms with Crippen molar-refractivity contribution in [3.8, 4) is 5.75 Å². The van der Waals surface area contributed by atoms with Gasteiger partial charge in [0.1, 0.15) is 5.75 Å². The molecule has 0 heterocycles. The molecule has 0 aromatic heterocycles. The maximum atomic E-state index is 12.5. The lowest BCUT2D eigenvalue weighted by Gasteiger charge is -2.22. The quantitative estimate of drug-likeness (QED) is 0.850. The normalized spacial score (nSPS) is 13.3. The molecule has 0 spiro atoms. The van der Waals surface area contributed by atoms with E-state index in [9.17, 15) is 9.59 Å². The lowest BCUT2D eigenvalue weighted by atomic mass is 10.2. The SMILES string of the molecule is NC(=O)c1cccc(OCC(=O)N(Cc2ccccc2)C2CC2)c1. The van der Waals surface area contributed by atoms with Crippen LogP contribution in [0.1, 0.15) is 28.8 Å².